The number of nitrogens with zero attached hydrogens (tertiary/aromatic N) is 1. The van der Waals surface area contributed by atoms with E-state index in [-0.39, 0.29) is 5.91 Å². The molecule has 0 bridgehead atoms. The van der Waals surface area contributed by atoms with Gasteiger partial charge in [0, 0.05) is 29.2 Å². The fourth-order valence-corrected chi connectivity index (χ4v) is 3.82. The molecule has 1 fully saturated rings. The average Bonchev–Trinajstić information content (AvgIpc) is 3.07. The molecule has 3 aromatic rings. The monoisotopic (exact) mass is 338 g/mol. The third-order valence-corrected chi connectivity index (χ3v) is 5.27. The molecule has 0 saturated carbocycles. The Labute approximate surface area is 144 Å². The van der Waals surface area contributed by atoms with E-state index in [1.165, 1.54) is 11.3 Å². The van der Waals surface area contributed by atoms with Crippen molar-refractivity contribution in [3.05, 3.63) is 59.5 Å². The molecule has 0 spiro atoms. The number of carbonyl (C=O) groups excluding carboxylic acids is 1. The lowest BCUT2D eigenvalue weighted by atomic mass is 10.2. The van der Waals surface area contributed by atoms with Crippen LogP contribution in [0.2, 0.25) is 0 Å². The molecule has 5 heteroatoms. The zero-order valence-electron chi connectivity index (χ0n) is 13.2. The summed E-state index contributed by atoms with van der Waals surface area (Å²) in [6.45, 7) is 3.36. The molecule has 1 aliphatic rings. The fourth-order valence-electron chi connectivity index (χ4n) is 2.86. The summed E-state index contributed by atoms with van der Waals surface area (Å²) < 4.78 is 6.50. The number of morpholine rings is 1. The van der Waals surface area contributed by atoms with Crippen molar-refractivity contribution in [2.75, 3.05) is 36.5 Å². The van der Waals surface area contributed by atoms with E-state index in [4.69, 9.17) is 4.74 Å². The van der Waals surface area contributed by atoms with Gasteiger partial charge in [-0.2, -0.15) is 0 Å². The summed E-state index contributed by atoms with van der Waals surface area (Å²) in [5.74, 6) is -0.0599. The van der Waals surface area contributed by atoms with Crippen LogP contribution in [0.1, 0.15) is 9.67 Å². The summed E-state index contributed by atoms with van der Waals surface area (Å²) in [6.07, 6.45) is 0. The zero-order valence-corrected chi connectivity index (χ0v) is 14.0. The summed E-state index contributed by atoms with van der Waals surface area (Å²) in [6, 6.07) is 18.0. The van der Waals surface area contributed by atoms with Gasteiger partial charge in [-0.05, 0) is 41.8 Å². The van der Waals surface area contributed by atoms with Crippen LogP contribution >= 0.6 is 11.3 Å². The van der Waals surface area contributed by atoms with Crippen LogP contribution in [0.4, 0.5) is 11.4 Å². The number of rotatable bonds is 3. The first-order valence-electron chi connectivity index (χ1n) is 8.02. The Bertz CT molecular complexity index is 818. The predicted molar refractivity (Wildman–Crippen MR) is 99.3 cm³/mol. The maximum Gasteiger partial charge on any atom is 0.265 e. The number of hydrogen-bond acceptors (Lipinski definition) is 4. The predicted octanol–water partition coefficient (Wildman–Crippen LogP) is 3.99. The molecule has 1 aliphatic heterocycles. The van der Waals surface area contributed by atoms with E-state index in [2.05, 4.69) is 10.2 Å². The summed E-state index contributed by atoms with van der Waals surface area (Å²) in [4.78, 5) is 15.5. The van der Waals surface area contributed by atoms with Crippen LogP contribution in [-0.4, -0.2) is 32.2 Å². The van der Waals surface area contributed by atoms with Gasteiger partial charge in [-0.3, -0.25) is 4.79 Å². The van der Waals surface area contributed by atoms with Gasteiger partial charge in [-0.15, -0.1) is 11.3 Å². The van der Waals surface area contributed by atoms with E-state index in [9.17, 15) is 4.79 Å². The number of thiophene rings is 1. The Morgan fingerprint density at radius 2 is 1.79 bits per heavy atom. The van der Waals surface area contributed by atoms with E-state index in [0.717, 1.165) is 52.6 Å². The van der Waals surface area contributed by atoms with Crippen LogP contribution in [0.15, 0.2) is 54.6 Å². The van der Waals surface area contributed by atoms with E-state index in [1.807, 2.05) is 54.6 Å². The molecule has 2 aromatic carbocycles. The molecular weight excluding hydrogens is 320 g/mol. The molecule has 122 valence electrons. The Kier molecular flexibility index (Phi) is 4.19. The van der Waals surface area contributed by atoms with Crippen molar-refractivity contribution in [2.24, 2.45) is 0 Å². The minimum Gasteiger partial charge on any atom is -0.378 e. The highest BCUT2D eigenvalue weighted by atomic mass is 32.1. The van der Waals surface area contributed by atoms with Crippen LogP contribution in [0, 0.1) is 0 Å². The summed E-state index contributed by atoms with van der Waals surface area (Å²) >= 11 is 1.52. The molecule has 0 atom stereocenters. The van der Waals surface area contributed by atoms with Crippen LogP contribution in [0.5, 0.6) is 0 Å². The van der Waals surface area contributed by atoms with Crippen molar-refractivity contribution in [2.45, 2.75) is 0 Å². The third kappa shape index (κ3) is 3.13. The van der Waals surface area contributed by atoms with Crippen molar-refractivity contribution in [3.63, 3.8) is 0 Å². The van der Waals surface area contributed by atoms with Gasteiger partial charge in [-0.1, -0.05) is 18.2 Å². The van der Waals surface area contributed by atoms with Gasteiger partial charge in [0.05, 0.1) is 18.1 Å². The van der Waals surface area contributed by atoms with Gasteiger partial charge < -0.3 is 15.0 Å². The number of carbonyl (C=O) groups is 1. The van der Waals surface area contributed by atoms with Crippen molar-refractivity contribution in [1.82, 2.24) is 0 Å². The van der Waals surface area contributed by atoms with E-state index in [1.54, 1.807) is 0 Å². The molecule has 2 heterocycles. The highest BCUT2D eigenvalue weighted by molar-refractivity contribution is 7.20. The van der Waals surface area contributed by atoms with Gasteiger partial charge in [0.25, 0.3) is 5.91 Å². The smallest absolute Gasteiger partial charge is 0.265 e. The Balaban J connectivity index is 1.47. The Morgan fingerprint density at radius 3 is 2.54 bits per heavy atom. The average molecular weight is 338 g/mol. The summed E-state index contributed by atoms with van der Waals surface area (Å²) in [5, 5.41) is 4.08. The maximum absolute atomic E-state index is 12.4. The first kappa shape index (κ1) is 15.2. The van der Waals surface area contributed by atoms with Crippen LogP contribution in [-0.2, 0) is 4.74 Å². The molecule has 24 heavy (non-hydrogen) atoms. The largest absolute Gasteiger partial charge is 0.378 e. The van der Waals surface area contributed by atoms with Gasteiger partial charge in [0.2, 0.25) is 0 Å². The van der Waals surface area contributed by atoms with Gasteiger partial charge >= 0.3 is 0 Å². The molecule has 1 saturated heterocycles. The third-order valence-electron chi connectivity index (χ3n) is 4.15. The highest BCUT2D eigenvalue weighted by Gasteiger charge is 2.13. The number of ether oxygens (including phenoxy) is 1. The second-order valence-corrected chi connectivity index (χ2v) is 6.83. The fraction of sp³-hybridized carbons (Fsp3) is 0.211. The van der Waals surface area contributed by atoms with Gasteiger partial charge in [0.1, 0.15) is 0 Å². The number of hydrogen-bond donors (Lipinski definition) is 1. The number of anilines is 2. The van der Waals surface area contributed by atoms with Crippen molar-refractivity contribution in [1.29, 1.82) is 0 Å². The molecule has 1 amide bonds. The maximum atomic E-state index is 12.4. The summed E-state index contributed by atoms with van der Waals surface area (Å²) in [7, 11) is 0. The standard InChI is InChI=1S/C19H18N2O2S/c22-19(18-13-14-3-1-2-4-17(14)24-18)20-15-5-7-16(8-6-15)21-9-11-23-12-10-21/h1-8,13H,9-12H2,(H,20,22). The van der Waals surface area contributed by atoms with Crippen LogP contribution in [0.3, 0.4) is 0 Å². The lowest BCUT2D eigenvalue weighted by molar-refractivity contribution is 0.103. The second-order valence-electron chi connectivity index (χ2n) is 5.75. The highest BCUT2D eigenvalue weighted by Crippen LogP contribution is 2.26. The van der Waals surface area contributed by atoms with Gasteiger partial charge in [0.15, 0.2) is 0 Å². The van der Waals surface area contributed by atoms with Crippen molar-refractivity contribution < 1.29 is 9.53 Å². The minimum atomic E-state index is -0.0599. The Morgan fingerprint density at radius 1 is 1.04 bits per heavy atom. The van der Waals surface area contributed by atoms with Crippen LogP contribution < -0.4 is 10.2 Å². The second kappa shape index (κ2) is 6.63. The van der Waals surface area contributed by atoms with E-state index >= 15 is 0 Å². The molecule has 1 N–H and O–H groups in total. The number of nitrogens with one attached hydrogen (secondary N) is 1. The number of amides is 1. The quantitative estimate of drug-likeness (QED) is 0.785. The normalized spacial score (nSPS) is 14.8. The van der Waals surface area contributed by atoms with Crippen molar-refractivity contribution >= 4 is 38.7 Å². The lowest BCUT2D eigenvalue weighted by Crippen LogP contribution is -2.36. The minimum absolute atomic E-state index is 0.0599. The molecule has 0 unspecified atom stereocenters. The first-order chi connectivity index (χ1) is 11.8. The van der Waals surface area contributed by atoms with E-state index < -0.39 is 0 Å². The SMILES string of the molecule is O=C(Nc1ccc(N2CCOCC2)cc1)c1cc2ccccc2s1. The van der Waals surface area contributed by atoms with Gasteiger partial charge in [-0.25, -0.2) is 0 Å². The topological polar surface area (TPSA) is 41.6 Å². The first-order valence-corrected chi connectivity index (χ1v) is 8.84. The van der Waals surface area contributed by atoms with Crippen LogP contribution in [0.25, 0.3) is 10.1 Å². The molecular formula is C19H18N2O2S. The van der Waals surface area contributed by atoms with E-state index in [0.29, 0.717) is 0 Å². The summed E-state index contributed by atoms with van der Waals surface area (Å²) in [5.41, 5.74) is 1.98. The Hall–Kier alpha value is -2.37. The molecule has 0 aliphatic carbocycles. The number of benzene rings is 2. The molecule has 4 nitrogen and oxygen atoms in total. The molecule has 4 rings (SSSR count). The molecule has 0 radical (unpaired) electrons. The number of fused-ring (bicyclic) bond motifs is 1. The molecule has 1 aromatic heterocycles. The van der Waals surface area contributed by atoms with Crippen molar-refractivity contribution in [3.8, 4) is 0 Å². The zero-order chi connectivity index (χ0) is 16.4. The lowest BCUT2D eigenvalue weighted by Gasteiger charge is -2.28.